The maximum Gasteiger partial charge on any atom is 0.226 e. The number of amides is 1. The number of nitrogens with one attached hydrogen (secondary N) is 1. The fourth-order valence-corrected chi connectivity index (χ4v) is 4.70. The van der Waals surface area contributed by atoms with Crippen LogP contribution in [0.2, 0.25) is 0 Å². The second-order valence-electron chi connectivity index (χ2n) is 7.02. The highest BCUT2D eigenvalue weighted by molar-refractivity contribution is 7.16. The molecule has 1 saturated carbocycles. The molecule has 4 nitrogen and oxygen atoms in total. The van der Waals surface area contributed by atoms with Gasteiger partial charge in [-0.3, -0.25) is 4.79 Å². The smallest absolute Gasteiger partial charge is 0.226 e. The predicted molar refractivity (Wildman–Crippen MR) is 98.4 cm³/mol. The minimum atomic E-state index is 0.0390. The molecule has 1 aromatic rings. The number of carbonyl (C=O) groups excluding carboxylic acids is 1. The summed E-state index contributed by atoms with van der Waals surface area (Å²) in [7, 11) is 0. The van der Waals surface area contributed by atoms with E-state index in [0.717, 1.165) is 55.4 Å². The Morgan fingerprint density at radius 3 is 2.83 bits per heavy atom. The first-order chi connectivity index (χ1) is 11.7. The van der Waals surface area contributed by atoms with Crippen LogP contribution in [0.15, 0.2) is 0 Å². The van der Waals surface area contributed by atoms with E-state index in [2.05, 4.69) is 23.2 Å². The van der Waals surface area contributed by atoms with Crippen LogP contribution in [-0.4, -0.2) is 30.4 Å². The Hall–Kier alpha value is -1.38. The number of nitriles is 1. The molecule has 130 valence electrons. The van der Waals surface area contributed by atoms with Gasteiger partial charge in [-0.25, -0.2) is 0 Å². The lowest BCUT2D eigenvalue weighted by Crippen LogP contribution is -2.29. The minimum Gasteiger partial charge on any atom is -0.317 e. The molecule has 0 aliphatic heterocycles. The molecule has 0 radical (unpaired) electrons. The molecule has 0 saturated heterocycles. The first-order valence-corrected chi connectivity index (χ1v) is 10.1. The number of thiophene rings is 1. The topological polar surface area (TPSA) is 56.1 Å². The normalized spacial score (nSPS) is 17.2. The van der Waals surface area contributed by atoms with Gasteiger partial charge in [0, 0.05) is 24.4 Å². The molecule has 1 N–H and O–H groups in total. The van der Waals surface area contributed by atoms with Crippen molar-refractivity contribution in [2.75, 3.05) is 25.0 Å². The summed E-state index contributed by atoms with van der Waals surface area (Å²) >= 11 is 1.62. The van der Waals surface area contributed by atoms with Crippen LogP contribution in [0.25, 0.3) is 0 Å². The van der Waals surface area contributed by atoms with Crippen LogP contribution >= 0.6 is 11.3 Å². The molecule has 0 spiro atoms. The van der Waals surface area contributed by atoms with E-state index in [1.807, 2.05) is 0 Å². The molecule has 5 heteroatoms. The standard InChI is InChI=1S/C19H27N3OS/c1-2-22(13-14-8-9-14)11-10-18(23)21-19-16(12-20)15-6-4-3-5-7-17(15)24-19/h14H,2-11,13H2,1H3,(H,21,23). The van der Waals surface area contributed by atoms with Crippen LogP contribution in [0.1, 0.15) is 61.5 Å². The van der Waals surface area contributed by atoms with E-state index in [0.29, 0.717) is 6.42 Å². The number of carbonyl (C=O) groups is 1. The Labute approximate surface area is 148 Å². The molecule has 1 aromatic heterocycles. The Kier molecular flexibility index (Phi) is 5.91. The summed E-state index contributed by atoms with van der Waals surface area (Å²) in [4.78, 5) is 16.0. The van der Waals surface area contributed by atoms with E-state index in [9.17, 15) is 10.1 Å². The lowest BCUT2D eigenvalue weighted by molar-refractivity contribution is -0.116. The lowest BCUT2D eigenvalue weighted by atomic mass is 10.1. The van der Waals surface area contributed by atoms with E-state index in [1.54, 1.807) is 11.3 Å². The van der Waals surface area contributed by atoms with Crippen LogP contribution in [0, 0.1) is 17.2 Å². The number of fused-ring (bicyclic) bond motifs is 1. The van der Waals surface area contributed by atoms with Crippen molar-refractivity contribution in [1.82, 2.24) is 4.90 Å². The van der Waals surface area contributed by atoms with Gasteiger partial charge in [0.1, 0.15) is 11.1 Å². The minimum absolute atomic E-state index is 0.0390. The Morgan fingerprint density at radius 2 is 2.12 bits per heavy atom. The third-order valence-corrected chi connectivity index (χ3v) is 6.31. The number of rotatable bonds is 7. The maximum absolute atomic E-state index is 12.3. The molecule has 3 rings (SSSR count). The zero-order chi connectivity index (χ0) is 16.9. The molecule has 2 aliphatic carbocycles. The molecule has 0 bridgehead atoms. The van der Waals surface area contributed by atoms with Gasteiger partial charge in [0.2, 0.25) is 5.91 Å². The number of aryl methyl sites for hydroxylation is 1. The zero-order valence-electron chi connectivity index (χ0n) is 14.6. The van der Waals surface area contributed by atoms with E-state index < -0.39 is 0 Å². The molecule has 1 amide bonds. The Morgan fingerprint density at radius 1 is 1.33 bits per heavy atom. The summed E-state index contributed by atoms with van der Waals surface area (Å²) in [6.45, 7) is 5.09. The number of hydrogen-bond donors (Lipinski definition) is 1. The zero-order valence-corrected chi connectivity index (χ0v) is 15.4. The third kappa shape index (κ3) is 4.37. The Balaban J connectivity index is 1.58. The maximum atomic E-state index is 12.3. The van der Waals surface area contributed by atoms with Crippen LogP contribution in [0.3, 0.4) is 0 Å². The third-order valence-electron chi connectivity index (χ3n) is 5.10. The molecule has 24 heavy (non-hydrogen) atoms. The van der Waals surface area contributed by atoms with Gasteiger partial charge in [-0.15, -0.1) is 11.3 Å². The van der Waals surface area contributed by atoms with Crippen molar-refractivity contribution in [1.29, 1.82) is 5.26 Å². The van der Waals surface area contributed by atoms with E-state index in [1.165, 1.54) is 36.1 Å². The number of anilines is 1. The van der Waals surface area contributed by atoms with Gasteiger partial charge in [0.15, 0.2) is 0 Å². The van der Waals surface area contributed by atoms with Crippen molar-refractivity contribution in [2.24, 2.45) is 5.92 Å². The van der Waals surface area contributed by atoms with Crippen molar-refractivity contribution < 1.29 is 4.79 Å². The van der Waals surface area contributed by atoms with Crippen molar-refractivity contribution >= 4 is 22.2 Å². The monoisotopic (exact) mass is 345 g/mol. The fourth-order valence-electron chi connectivity index (χ4n) is 3.44. The van der Waals surface area contributed by atoms with Crippen molar-refractivity contribution in [3.63, 3.8) is 0 Å². The highest BCUT2D eigenvalue weighted by atomic mass is 32.1. The van der Waals surface area contributed by atoms with Crippen LogP contribution in [0.5, 0.6) is 0 Å². The summed E-state index contributed by atoms with van der Waals surface area (Å²) < 4.78 is 0. The van der Waals surface area contributed by atoms with E-state index in [-0.39, 0.29) is 5.91 Å². The average molecular weight is 346 g/mol. The molecular weight excluding hydrogens is 318 g/mol. The second kappa shape index (κ2) is 8.13. The quantitative estimate of drug-likeness (QED) is 0.761. The second-order valence-corrected chi connectivity index (χ2v) is 8.12. The highest BCUT2D eigenvalue weighted by Gasteiger charge is 2.24. The summed E-state index contributed by atoms with van der Waals surface area (Å²) in [5.74, 6) is 0.892. The van der Waals surface area contributed by atoms with Gasteiger partial charge in [-0.2, -0.15) is 5.26 Å². The van der Waals surface area contributed by atoms with E-state index in [4.69, 9.17) is 0 Å². The first-order valence-electron chi connectivity index (χ1n) is 9.28. The van der Waals surface area contributed by atoms with Gasteiger partial charge in [0.25, 0.3) is 0 Å². The van der Waals surface area contributed by atoms with Crippen molar-refractivity contribution in [3.05, 3.63) is 16.0 Å². The number of nitrogens with zero attached hydrogens (tertiary/aromatic N) is 2. The van der Waals surface area contributed by atoms with Crippen LogP contribution in [-0.2, 0) is 17.6 Å². The van der Waals surface area contributed by atoms with Crippen molar-refractivity contribution in [3.8, 4) is 6.07 Å². The predicted octanol–water partition coefficient (Wildman–Crippen LogP) is 3.95. The average Bonchev–Trinajstić information content (AvgIpc) is 3.37. The largest absolute Gasteiger partial charge is 0.317 e. The molecule has 0 unspecified atom stereocenters. The fraction of sp³-hybridized carbons (Fsp3) is 0.684. The van der Waals surface area contributed by atoms with Gasteiger partial charge in [-0.1, -0.05) is 13.3 Å². The van der Waals surface area contributed by atoms with Gasteiger partial charge >= 0.3 is 0 Å². The van der Waals surface area contributed by atoms with E-state index >= 15 is 0 Å². The van der Waals surface area contributed by atoms with Gasteiger partial charge in [-0.05, 0) is 56.6 Å². The molecule has 0 aromatic carbocycles. The SMILES string of the molecule is CCN(CCC(=O)Nc1sc2c(c1C#N)CCCCC2)CC1CC1. The molecule has 2 aliphatic rings. The van der Waals surface area contributed by atoms with Gasteiger partial charge in [0.05, 0.1) is 5.56 Å². The molecule has 1 heterocycles. The summed E-state index contributed by atoms with van der Waals surface area (Å²) in [5, 5.41) is 13.3. The molecule has 1 fully saturated rings. The first kappa shape index (κ1) is 17.4. The number of hydrogen-bond acceptors (Lipinski definition) is 4. The Bertz CT molecular complexity index is 627. The summed E-state index contributed by atoms with van der Waals surface area (Å²) in [6, 6.07) is 2.33. The molecule has 0 atom stereocenters. The summed E-state index contributed by atoms with van der Waals surface area (Å²) in [6.07, 6.45) is 8.81. The lowest BCUT2D eigenvalue weighted by Gasteiger charge is -2.19. The molecular formula is C19H27N3OS. The van der Waals surface area contributed by atoms with Crippen molar-refractivity contribution in [2.45, 2.75) is 58.3 Å². The van der Waals surface area contributed by atoms with Crippen LogP contribution in [0.4, 0.5) is 5.00 Å². The van der Waals surface area contributed by atoms with Crippen LogP contribution < -0.4 is 5.32 Å². The summed E-state index contributed by atoms with van der Waals surface area (Å²) in [5.41, 5.74) is 1.91. The highest BCUT2D eigenvalue weighted by Crippen LogP contribution is 2.37. The van der Waals surface area contributed by atoms with Gasteiger partial charge < -0.3 is 10.2 Å².